The number of ketones is 2. The Hall–Kier alpha value is -6.10. The molecule has 5 amide bonds. The van der Waals surface area contributed by atoms with Crippen LogP contribution in [0.2, 0.25) is 5.02 Å². The lowest BCUT2D eigenvalue weighted by molar-refractivity contribution is -0.180. The fourth-order valence-electron chi connectivity index (χ4n) is 9.56. The lowest BCUT2D eigenvalue weighted by atomic mass is 9.83. The van der Waals surface area contributed by atoms with E-state index >= 15 is 0 Å². The molecular weight excluding hydrogens is 1140 g/mol. The molecule has 6 N–H and O–H groups in total. The van der Waals surface area contributed by atoms with Gasteiger partial charge in [0.15, 0.2) is 11.9 Å². The standard InChI is InChI=1S/C65H98ClN5O16/c1-41(2)36-55-63(80)86-54(14-12-16-58(76)70-51(38-47-19-18-43(5)50(66)37-47)62(79)69-40-65(8,9)64(81)87-55)45(7)61(78)44(6)48-23-20-46(21-24-48)22-26-52(72)49(39-53(73)60(42(3)4)71-59(77)17-13-15-56(74)67-10)25-27-57(75)68-28-29-83-32-33-85-35-34-84-31-30-82-11/h12,16,18-21,23-24,37,41-42,44-45,49,51,54-55,60-61,78H,13-15,17,22,25-36,38-40H2,1-11H3,(H,67,74)(H,68,75)(H,69,79)(H,70,76)(H,71,77)/b16-12+/t44-,45+,49-,51-,54+,55+,60+,61+/m1/s1. The van der Waals surface area contributed by atoms with Gasteiger partial charge in [0.25, 0.3) is 0 Å². The second kappa shape index (κ2) is 39.7. The van der Waals surface area contributed by atoms with Crippen molar-refractivity contribution in [2.75, 3.05) is 73.5 Å². The summed E-state index contributed by atoms with van der Waals surface area (Å²) in [6.07, 6.45) is 0.157. The van der Waals surface area contributed by atoms with E-state index in [1.165, 1.54) is 19.2 Å². The van der Waals surface area contributed by atoms with E-state index < -0.39 is 77.3 Å². The highest BCUT2D eigenvalue weighted by atomic mass is 35.5. The van der Waals surface area contributed by atoms with Crippen LogP contribution in [0, 0.1) is 36.0 Å². The molecule has 2 aromatic carbocycles. The first-order valence-electron chi connectivity index (χ1n) is 30.5. The van der Waals surface area contributed by atoms with Crippen LogP contribution >= 0.6 is 11.6 Å². The predicted octanol–water partition coefficient (Wildman–Crippen LogP) is 6.18. The first-order chi connectivity index (χ1) is 41.3. The number of aliphatic hydroxyl groups excluding tert-OH is 1. The third-order valence-electron chi connectivity index (χ3n) is 15.3. The van der Waals surface area contributed by atoms with Gasteiger partial charge in [-0.05, 0) is 92.7 Å². The number of nitrogens with one attached hydrogen (secondary N) is 5. The fourth-order valence-corrected chi connectivity index (χ4v) is 9.77. The zero-order valence-corrected chi connectivity index (χ0v) is 53.8. The van der Waals surface area contributed by atoms with E-state index in [0.717, 1.165) is 16.7 Å². The molecule has 87 heavy (non-hydrogen) atoms. The monoisotopic (exact) mass is 1240 g/mol. The normalized spacial score (nSPS) is 18.9. The maximum Gasteiger partial charge on any atom is 0.347 e. The van der Waals surface area contributed by atoms with Gasteiger partial charge in [0.2, 0.25) is 29.5 Å². The van der Waals surface area contributed by atoms with Gasteiger partial charge in [0, 0.05) is 95.0 Å². The number of Topliss-reactive ketones (excluding diaryl/α,β-unsaturated/α-hetero) is 2. The minimum absolute atomic E-state index is 0.0288. The number of carbonyl (C=O) groups is 9. The molecular formula is C65H98ClN5O16. The van der Waals surface area contributed by atoms with Gasteiger partial charge in [-0.2, -0.15) is 0 Å². The van der Waals surface area contributed by atoms with Gasteiger partial charge in [0.05, 0.1) is 63.8 Å². The van der Waals surface area contributed by atoms with Crippen LogP contribution in [0.5, 0.6) is 0 Å². The number of benzene rings is 2. The lowest BCUT2D eigenvalue weighted by Gasteiger charge is -2.33. The van der Waals surface area contributed by atoms with E-state index in [-0.39, 0.29) is 119 Å². The largest absolute Gasteiger partial charge is 0.459 e. The number of methoxy groups -OCH3 is 1. The summed E-state index contributed by atoms with van der Waals surface area (Å²) in [4.78, 5) is 121. The Morgan fingerprint density at radius 2 is 1.43 bits per heavy atom. The van der Waals surface area contributed by atoms with Crippen molar-refractivity contribution in [1.82, 2.24) is 26.6 Å². The quantitative estimate of drug-likeness (QED) is 0.0328. The van der Waals surface area contributed by atoms with Gasteiger partial charge in [0.1, 0.15) is 17.9 Å². The number of rotatable bonds is 36. The number of halogens is 1. The maximum absolute atomic E-state index is 14.1. The molecule has 3 rings (SSSR count). The van der Waals surface area contributed by atoms with Crippen LogP contribution in [0.25, 0.3) is 0 Å². The molecule has 21 nitrogen and oxygen atoms in total. The first-order valence-corrected chi connectivity index (χ1v) is 30.9. The maximum atomic E-state index is 14.1. The molecule has 1 aliphatic rings. The van der Waals surface area contributed by atoms with Crippen LogP contribution in [0.3, 0.4) is 0 Å². The van der Waals surface area contributed by atoms with Crippen LogP contribution in [0.1, 0.15) is 141 Å². The molecule has 0 bridgehead atoms. The van der Waals surface area contributed by atoms with E-state index in [9.17, 15) is 48.3 Å². The van der Waals surface area contributed by atoms with Crippen molar-refractivity contribution in [3.05, 3.63) is 81.9 Å². The minimum atomic E-state index is -1.32. The molecule has 22 heteroatoms. The van der Waals surface area contributed by atoms with Crippen molar-refractivity contribution in [1.29, 1.82) is 0 Å². The van der Waals surface area contributed by atoms with Crippen LogP contribution in [0.15, 0.2) is 54.6 Å². The Kier molecular flexibility index (Phi) is 34.3. The van der Waals surface area contributed by atoms with Crippen molar-refractivity contribution in [2.24, 2.45) is 29.1 Å². The topological polar surface area (TPSA) is 289 Å². The molecule has 0 saturated heterocycles. The van der Waals surface area contributed by atoms with Crippen molar-refractivity contribution >= 4 is 64.6 Å². The molecule has 486 valence electrons. The number of esters is 2. The zero-order valence-electron chi connectivity index (χ0n) is 53.1. The van der Waals surface area contributed by atoms with Crippen molar-refractivity contribution in [3.63, 3.8) is 0 Å². The summed E-state index contributed by atoms with van der Waals surface area (Å²) in [7, 11) is 3.11. The number of aliphatic hydroxyl groups is 1. The summed E-state index contributed by atoms with van der Waals surface area (Å²) in [5.74, 6) is -6.72. The third kappa shape index (κ3) is 28.3. The third-order valence-corrected chi connectivity index (χ3v) is 15.7. The number of aryl methyl sites for hydroxylation is 2. The van der Waals surface area contributed by atoms with E-state index in [4.69, 9.17) is 40.0 Å². The Bertz CT molecular complexity index is 2560. The summed E-state index contributed by atoms with van der Waals surface area (Å²) >= 11 is 6.41. The number of cyclic esters (lactones) is 2. The predicted molar refractivity (Wildman–Crippen MR) is 329 cm³/mol. The molecule has 0 radical (unpaired) electrons. The van der Waals surface area contributed by atoms with Gasteiger partial charge in [-0.15, -0.1) is 0 Å². The Balaban J connectivity index is 1.78. The molecule has 0 saturated carbocycles. The van der Waals surface area contributed by atoms with Crippen molar-refractivity contribution in [2.45, 2.75) is 169 Å². The number of hydrogen-bond donors (Lipinski definition) is 6. The Morgan fingerprint density at radius 3 is 2.05 bits per heavy atom. The smallest absolute Gasteiger partial charge is 0.347 e. The zero-order chi connectivity index (χ0) is 64.6. The van der Waals surface area contributed by atoms with Gasteiger partial charge >= 0.3 is 11.9 Å². The highest BCUT2D eigenvalue weighted by Gasteiger charge is 2.39. The van der Waals surface area contributed by atoms with Gasteiger partial charge in [-0.1, -0.05) is 95.6 Å². The summed E-state index contributed by atoms with van der Waals surface area (Å²) in [6, 6.07) is 10.7. The number of carbonyl (C=O) groups excluding carboxylic acids is 9. The summed E-state index contributed by atoms with van der Waals surface area (Å²) in [5.41, 5.74) is 1.76. The average Bonchev–Trinajstić information content (AvgIpc) is 3.62. The molecule has 0 aliphatic carbocycles. The molecule has 1 heterocycles. The van der Waals surface area contributed by atoms with E-state index in [1.54, 1.807) is 47.8 Å². The molecule has 0 unspecified atom stereocenters. The van der Waals surface area contributed by atoms with Crippen LogP contribution in [0.4, 0.5) is 0 Å². The van der Waals surface area contributed by atoms with E-state index in [2.05, 4.69) is 26.6 Å². The van der Waals surface area contributed by atoms with Gasteiger partial charge in [-0.25, -0.2) is 4.79 Å². The van der Waals surface area contributed by atoms with Crippen molar-refractivity contribution in [3.8, 4) is 0 Å². The minimum Gasteiger partial charge on any atom is -0.459 e. The van der Waals surface area contributed by atoms with Gasteiger partial charge in [-0.3, -0.25) is 38.4 Å². The average molecular weight is 1240 g/mol. The fraction of sp³-hybridized carbons (Fsp3) is 0.646. The van der Waals surface area contributed by atoms with Crippen LogP contribution in [-0.2, 0) is 84.4 Å². The molecule has 2 aromatic rings. The van der Waals surface area contributed by atoms with Crippen LogP contribution in [-0.4, -0.2) is 162 Å². The van der Waals surface area contributed by atoms with Gasteiger partial charge < -0.3 is 60.1 Å². The van der Waals surface area contributed by atoms with Crippen molar-refractivity contribution < 1.29 is 76.7 Å². The lowest BCUT2D eigenvalue weighted by Crippen LogP contribution is -2.51. The molecule has 0 spiro atoms. The SMILES string of the molecule is CNC(=O)CCCC(=O)N[C@H](C(=O)C[C@@H](CCC(=O)NCCOCCOCCOCCOC)C(=O)CCc1ccc([C@@H](C)[C@H](O)[C@@H](C)[C@@H]2C/C=C/C(=O)N[C@H](Cc3ccc(C)c(Cl)c3)C(=O)NCC(C)(C)C(=O)O[C@@H](CC(C)C)C(=O)O2)cc1)C(C)C. The second-order valence-electron chi connectivity index (χ2n) is 23.8. The summed E-state index contributed by atoms with van der Waals surface area (Å²) in [5, 5.41) is 26.2. The summed E-state index contributed by atoms with van der Waals surface area (Å²) in [6.45, 7) is 18.6. The van der Waals surface area contributed by atoms with E-state index in [1.807, 2.05) is 64.1 Å². The second-order valence-corrected chi connectivity index (χ2v) is 24.2. The number of ether oxygens (including phenoxy) is 6. The Morgan fingerprint density at radius 1 is 0.793 bits per heavy atom. The molecule has 0 aromatic heterocycles. The molecule has 8 atom stereocenters. The van der Waals surface area contributed by atoms with E-state index in [0.29, 0.717) is 63.1 Å². The summed E-state index contributed by atoms with van der Waals surface area (Å²) < 4.78 is 33.3. The van der Waals surface area contributed by atoms with Crippen LogP contribution < -0.4 is 26.6 Å². The highest BCUT2D eigenvalue weighted by molar-refractivity contribution is 6.31. The first kappa shape index (κ1) is 75.2. The molecule has 1 aliphatic heterocycles. The number of amides is 5. The number of hydrogen-bond acceptors (Lipinski definition) is 16. The Labute approximate surface area is 519 Å². The molecule has 0 fully saturated rings. The highest BCUT2D eigenvalue weighted by Crippen LogP contribution is 2.31.